The van der Waals surface area contributed by atoms with Crippen LogP contribution in [0.25, 0.3) is 22.3 Å². The third-order valence-corrected chi connectivity index (χ3v) is 5.41. The van der Waals surface area contributed by atoms with Gasteiger partial charge in [-0.3, -0.25) is 14.5 Å². The summed E-state index contributed by atoms with van der Waals surface area (Å²) in [5.41, 5.74) is 2.50. The second kappa shape index (κ2) is 7.12. The Morgan fingerprint density at radius 1 is 1.21 bits per heavy atom. The standard InChI is InChI=1S/C21H21N7O/c1-27-13-16(12-23-27)20-26-25-19-7-5-17(8-10-28(19)20)24-21(29)15-4-6-18-14(11-15)3-2-9-22-18/h2-4,6,9,11-13,17H,5,7-8,10H2,1H3,(H,24,29). The highest BCUT2D eigenvalue weighted by atomic mass is 16.1. The Kier molecular flexibility index (Phi) is 4.31. The first kappa shape index (κ1) is 17.5. The van der Waals surface area contributed by atoms with Crippen molar-refractivity contribution in [1.29, 1.82) is 0 Å². The molecule has 1 aromatic carbocycles. The average molecular weight is 387 g/mol. The summed E-state index contributed by atoms with van der Waals surface area (Å²) in [7, 11) is 1.89. The molecule has 1 amide bonds. The topological polar surface area (TPSA) is 90.5 Å². The Labute approximate surface area is 167 Å². The van der Waals surface area contributed by atoms with Crippen molar-refractivity contribution in [2.24, 2.45) is 7.05 Å². The number of nitrogens with zero attached hydrogens (tertiary/aromatic N) is 6. The zero-order valence-corrected chi connectivity index (χ0v) is 16.1. The van der Waals surface area contributed by atoms with Crippen LogP contribution in [0.3, 0.4) is 0 Å². The Bertz CT molecular complexity index is 1190. The van der Waals surface area contributed by atoms with Crippen LogP contribution in [0.15, 0.2) is 48.9 Å². The summed E-state index contributed by atoms with van der Waals surface area (Å²) >= 11 is 0. The normalized spacial score (nSPS) is 16.4. The van der Waals surface area contributed by atoms with Crippen molar-refractivity contribution in [3.8, 4) is 11.4 Å². The molecule has 0 saturated heterocycles. The Morgan fingerprint density at radius 3 is 3.00 bits per heavy atom. The fourth-order valence-corrected chi connectivity index (χ4v) is 3.87. The fraction of sp³-hybridized carbons (Fsp3) is 0.286. The van der Waals surface area contributed by atoms with E-state index in [1.807, 2.05) is 43.6 Å². The summed E-state index contributed by atoms with van der Waals surface area (Å²) in [5, 5.41) is 17.1. The first-order valence-electron chi connectivity index (χ1n) is 9.74. The quantitative estimate of drug-likeness (QED) is 0.583. The largest absolute Gasteiger partial charge is 0.349 e. The van der Waals surface area contributed by atoms with E-state index in [2.05, 4.69) is 30.2 Å². The van der Waals surface area contributed by atoms with Gasteiger partial charge in [0.15, 0.2) is 5.82 Å². The molecule has 0 saturated carbocycles. The summed E-state index contributed by atoms with van der Waals surface area (Å²) in [6.45, 7) is 0.763. The molecule has 0 bridgehead atoms. The van der Waals surface area contributed by atoms with Crippen molar-refractivity contribution in [3.63, 3.8) is 0 Å². The average Bonchev–Trinajstić information content (AvgIpc) is 3.30. The number of aromatic nitrogens is 6. The molecule has 5 rings (SSSR count). The van der Waals surface area contributed by atoms with Crippen LogP contribution in [0, 0.1) is 0 Å². The van der Waals surface area contributed by atoms with Gasteiger partial charge in [-0.05, 0) is 37.1 Å². The van der Waals surface area contributed by atoms with Gasteiger partial charge in [0.25, 0.3) is 5.91 Å². The number of pyridine rings is 1. The Balaban J connectivity index is 1.30. The monoisotopic (exact) mass is 387 g/mol. The van der Waals surface area contributed by atoms with Gasteiger partial charge in [-0.25, -0.2) is 0 Å². The molecule has 1 aliphatic heterocycles. The number of nitrogens with one attached hydrogen (secondary N) is 1. The van der Waals surface area contributed by atoms with Crippen molar-refractivity contribution < 1.29 is 4.79 Å². The van der Waals surface area contributed by atoms with Crippen LogP contribution >= 0.6 is 0 Å². The number of aryl methyl sites for hydroxylation is 2. The van der Waals surface area contributed by atoms with Crippen LogP contribution in [0.2, 0.25) is 0 Å². The van der Waals surface area contributed by atoms with Gasteiger partial charge in [-0.15, -0.1) is 10.2 Å². The van der Waals surface area contributed by atoms with Gasteiger partial charge in [0.1, 0.15) is 5.82 Å². The highest BCUT2D eigenvalue weighted by Gasteiger charge is 2.23. The molecule has 3 aromatic heterocycles. The predicted octanol–water partition coefficient (Wildman–Crippen LogP) is 2.36. The number of amides is 1. The molecule has 1 atom stereocenters. The first-order valence-corrected chi connectivity index (χ1v) is 9.74. The van der Waals surface area contributed by atoms with Gasteiger partial charge in [-0.1, -0.05) is 6.07 Å². The third kappa shape index (κ3) is 3.37. The minimum atomic E-state index is -0.0501. The van der Waals surface area contributed by atoms with Gasteiger partial charge in [-0.2, -0.15) is 5.10 Å². The smallest absolute Gasteiger partial charge is 0.251 e. The minimum Gasteiger partial charge on any atom is -0.349 e. The zero-order valence-electron chi connectivity index (χ0n) is 16.1. The lowest BCUT2D eigenvalue weighted by atomic mass is 10.1. The van der Waals surface area contributed by atoms with Crippen LogP contribution in [-0.4, -0.2) is 41.5 Å². The Hall–Kier alpha value is -3.55. The highest BCUT2D eigenvalue weighted by Crippen LogP contribution is 2.22. The lowest BCUT2D eigenvalue weighted by Gasteiger charge is -2.16. The van der Waals surface area contributed by atoms with E-state index in [9.17, 15) is 4.79 Å². The van der Waals surface area contributed by atoms with Crippen LogP contribution in [0.5, 0.6) is 0 Å². The van der Waals surface area contributed by atoms with Crippen molar-refractivity contribution in [3.05, 3.63) is 60.3 Å². The first-order chi connectivity index (χ1) is 14.2. The van der Waals surface area contributed by atoms with Crippen molar-refractivity contribution in [2.45, 2.75) is 31.8 Å². The van der Waals surface area contributed by atoms with Crippen LogP contribution < -0.4 is 5.32 Å². The van der Waals surface area contributed by atoms with Crippen LogP contribution in [0.4, 0.5) is 0 Å². The van der Waals surface area contributed by atoms with Crippen LogP contribution in [0.1, 0.15) is 29.0 Å². The van der Waals surface area contributed by atoms with E-state index >= 15 is 0 Å². The molecule has 0 radical (unpaired) electrons. The van der Waals surface area contributed by atoms with E-state index in [1.165, 1.54) is 0 Å². The van der Waals surface area contributed by atoms with E-state index < -0.39 is 0 Å². The highest BCUT2D eigenvalue weighted by molar-refractivity contribution is 5.98. The maximum atomic E-state index is 12.8. The summed E-state index contributed by atoms with van der Waals surface area (Å²) in [4.78, 5) is 17.1. The number of fused-ring (bicyclic) bond motifs is 2. The second-order valence-corrected chi connectivity index (χ2v) is 7.40. The van der Waals surface area contributed by atoms with Gasteiger partial charge in [0.05, 0.1) is 17.3 Å². The van der Waals surface area contributed by atoms with E-state index in [0.29, 0.717) is 5.56 Å². The van der Waals surface area contributed by atoms with E-state index in [0.717, 1.165) is 53.9 Å². The molecule has 8 nitrogen and oxygen atoms in total. The molecule has 29 heavy (non-hydrogen) atoms. The molecule has 1 unspecified atom stereocenters. The number of benzene rings is 1. The molecule has 8 heteroatoms. The molecule has 0 aliphatic carbocycles. The second-order valence-electron chi connectivity index (χ2n) is 7.40. The van der Waals surface area contributed by atoms with E-state index in [4.69, 9.17) is 0 Å². The van der Waals surface area contributed by atoms with Crippen molar-refractivity contribution in [1.82, 2.24) is 34.8 Å². The van der Waals surface area contributed by atoms with Gasteiger partial charge < -0.3 is 9.88 Å². The maximum absolute atomic E-state index is 12.8. The maximum Gasteiger partial charge on any atom is 0.251 e. The molecular formula is C21H21N7O. The minimum absolute atomic E-state index is 0.0501. The summed E-state index contributed by atoms with van der Waals surface area (Å²) < 4.78 is 3.90. The number of carbonyl (C=O) groups is 1. The fourth-order valence-electron chi connectivity index (χ4n) is 3.87. The molecule has 0 spiro atoms. The Morgan fingerprint density at radius 2 is 2.14 bits per heavy atom. The van der Waals surface area contributed by atoms with E-state index in [1.54, 1.807) is 17.1 Å². The molecule has 1 aliphatic rings. The zero-order chi connectivity index (χ0) is 19.8. The number of hydrogen-bond donors (Lipinski definition) is 1. The molecule has 4 heterocycles. The SMILES string of the molecule is Cn1cc(-c2nnc3n2CCC(NC(=O)c2ccc4ncccc4c2)CC3)cn1. The summed E-state index contributed by atoms with van der Waals surface area (Å²) in [5.74, 6) is 1.74. The molecule has 4 aromatic rings. The lowest BCUT2D eigenvalue weighted by Crippen LogP contribution is -2.35. The predicted molar refractivity (Wildman–Crippen MR) is 108 cm³/mol. The molecular weight excluding hydrogens is 366 g/mol. The van der Waals surface area contributed by atoms with Gasteiger partial charge >= 0.3 is 0 Å². The van der Waals surface area contributed by atoms with Crippen LogP contribution in [-0.2, 0) is 20.0 Å². The van der Waals surface area contributed by atoms with Gasteiger partial charge in [0, 0.05) is 49.4 Å². The number of rotatable bonds is 3. The van der Waals surface area contributed by atoms with E-state index in [-0.39, 0.29) is 11.9 Å². The molecule has 0 fully saturated rings. The number of carbonyl (C=O) groups excluding carboxylic acids is 1. The third-order valence-electron chi connectivity index (χ3n) is 5.41. The van der Waals surface area contributed by atoms with Crippen molar-refractivity contribution in [2.75, 3.05) is 0 Å². The summed E-state index contributed by atoms with van der Waals surface area (Å²) in [6, 6.07) is 9.55. The van der Waals surface area contributed by atoms with Crippen molar-refractivity contribution >= 4 is 16.8 Å². The summed E-state index contributed by atoms with van der Waals surface area (Å²) in [6.07, 6.45) is 7.95. The van der Waals surface area contributed by atoms with Gasteiger partial charge in [0.2, 0.25) is 0 Å². The number of hydrogen-bond acceptors (Lipinski definition) is 5. The molecule has 1 N–H and O–H groups in total. The lowest BCUT2D eigenvalue weighted by molar-refractivity contribution is 0.0933. The molecule has 146 valence electrons.